The number of hydrogen-bond acceptors (Lipinski definition) is 0. The Hall–Kier alpha value is -2.64. The molecule has 0 amide bonds. The zero-order chi connectivity index (χ0) is 18.6. The van der Waals surface area contributed by atoms with Gasteiger partial charge in [0.2, 0.25) is 0 Å². The van der Waals surface area contributed by atoms with Gasteiger partial charge in [-0.1, -0.05) is 95.3 Å². The van der Waals surface area contributed by atoms with E-state index in [1.807, 2.05) is 0 Å². The molecule has 0 nitrogen and oxygen atoms in total. The molecule has 0 heterocycles. The van der Waals surface area contributed by atoms with Crippen LogP contribution in [0.5, 0.6) is 0 Å². The Morgan fingerprint density at radius 2 is 1.44 bits per heavy atom. The Morgan fingerprint density at radius 1 is 0.815 bits per heavy atom. The first kappa shape index (κ1) is 16.5. The largest absolute Gasteiger partial charge is 0.0987 e. The summed E-state index contributed by atoms with van der Waals surface area (Å²) in [6, 6.07) is 24.3. The quantitative estimate of drug-likeness (QED) is 0.415. The SMILES string of the molecule is C=CC1=C(/C=C\C)c2ccc(Br)cc2C12c1ccccc1-c1ccccc12. The fourth-order valence-electron chi connectivity index (χ4n) is 4.98. The summed E-state index contributed by atoms with van der Waals surface area (Å²) in [6.07, 6.45) is 6.40. The molecule has 0 fully saturated rings. The van der Waals surface area contributed by atoms with Crippen molar-refractivity contribution in [2.24, 2.45) is 0 Å². The van der Waals surface area contributed by atoms with Crippen LogP contribution in [0, 0.1) is 0 Å². The molecule has 0 saturated carbocycles. The fraction of sp³-hybridized carbons (Fsp3) is 0.0769. The second-order valence-electron chi connectivity index (χ2n) is 7.06. The summed E-state index contributed by atoms with van der Waals surface area (Å²) in [7, 11) is 0. The summed E-state index contributed by atoms with van der Waals surface area (Å²) in [5, 5.41) is 0. The molecular formula is C26H19Br. The van der Waals surface area contributed by atoms with Crippen molar-refractivity contribution in [3.8, 4) is 11.1 Å². The van der Waals surface area contributed by atoms with Crippen LogP contribution in [0.25, 0.3) is 16.7 Å². The highest BCUT2D eigenvalue weighted by atomic mass is 79.9. The molecule has 27 heavy (non-hydrogen) atoms. The summed E-state index contributed by atoms with van der Waals surface area (Å²) < 4.78 is 1.10. The number of hydrogen-bond donors (Lipinski definition) is 0. The van der Waals surface area contributed by atoms with E-state index in [4.69, 9.17) is 0 Å². The monoisotopic (exact) mass is 410 g/mol. The molecule has 0 aromatic heterocycles. The highest BCUT2D eigenvalue weighted by molar-refractivity contribution is 9.10. The third-order valence-corrected chi connectivity index (χ3v) is 6.35. The Bertz CT molecular complexity index is 1110. The first-order valence-corrected chi connectivity index (χ1v) is 10.0. The highest BCUT2D eigenvalue weighted by Crippen LogP contribution is 2.62. The predicted molar refractivity (Wildman–Crippen MR) is 118 cm³/mol. The van der Waals surface area contributed by atoms with Crippen LogP contribution in [0.15, 0.2) is 102 Å². The molecular weight excluding hydrogens is 392 g/mol. The maximum Gasteiger partial charge on any atom is 0.0725 e. The molecule has 1 spiro atoms. The van der Waals surface area contributed by atoms with Gasteiger partial charge in [-0.25, -0.2) is 0 Å². The smallest absolute Gasteiger partial charge is 0.0725 e. The third-order valence-electron chi connectivity index (χ3n) is 5.86. The minimum Gasteiger partial charge on any atom is -0.0987 e. The molecule has 130 valence electrons. The number of halogens is 1. The van der Waals surface area contributed by atoms with Crippen molar-refractivity contribution in [2.75, 3.05) is 0 Å². The average molecular weight is 411 g/mol. The van der Waals surface area contributed by atoms with E-state index in [-0.39, 0.29) is 5.41 Å². The molecule has 0 bridgehead atoms. The maximum absolute atomic E-state index is 4.24. The van der Waals surface area contributed by atoms with E-state index in [0.717, 1.165) is 4.47 Å². The molecule has 0 radical (unpaired) electrons. The zero-order valence-corrected chi connectivity index (χ0v) is 16.8. The number of benzene rings is 3. The molecule has 3 aromatic carbocycles. The lowest BCUT2D eigenvalue weighted by molar-refractivity contribution is 0.786. The molecule has 0 aliphatic heterocycles. The maximum atomic E-state index is 4.24. The van der Waals surface area contributed by atoms with E-state index in [9.17, 15) is 0 Å². The standard InChI is InChI=1S/C26H19Br/c1-3-9-18-21-15-14-17(27)16-25(21)26(22(18)4-2)23-12-7-5-10-19(23)20-11-6-8-13-24(20)26/h3-16H,2H2,1H3/b9-3-. The van der Waals surface area contributed by atoms with Gasteiger partial charge in [-0.15, -0.1) is 0 Å². The summed E-state index contributed by atoms with van der Waals surface area (Å²) >= 11 is 3.71. The van der Waals surface area contributed by atoms with E-state index in [1.165, 1.54) is 44.5 Å². The second-order valence-corrected chi connectivity index (χ2v) is 7.98. The van der Waals surface area contributed by atoms with E-state index in [2.05, 4.69) is 114 Å². The lowest BCUT2D eigenvalue weighted by Crippen LogP contribution is -2.26. The van der Waals surface area contributed by atoms with E-state index in [1.54, 1.807) is 0 Å². The molecule has 0 atom stereocenters. The minimum absolute atomic E-state index is 0.303. The van der Waals surface area contributed by atoms with Gasteiger partial charge in [0.05, 0.1) is 5.41 Å². The third kappa shape index (κ3) is 1.98. The lowest BCUT2D eigenvalue weighted by Gasteiger charge is -2.31. The van der Waals surface area contributed by atoms with Crippen LogP contribution >= 0.6 is 15.9 Å². The van der Waals surface area contributed by atoms with Gasteiger partial charge in [-0.3, -0.25) is 0 Å². The number of allylic oxidation sites excluding steroid dienone is 5. The van der Waals surface area contributed by atoms with E-state index in [0.29, 0.717) is 0 Å². The Kier molecular flexibility index (Phi) is 3.63. The van der Waals surface area contributed by atoms with Gasteiger partial charge in [-0.05, 0) is 63.6 Å². The van der Waals surface area contributed by atoms with Crippen LogP contribution in [0.1, 0.15) is 29.2 Å². The Balaban J connectivity index is 2.03. The van der Waals surface area contributed by atoms with Crippen LogP contribution in [0.2, 0.25) is 0 Å². The summed E-state index contributed by atoms with van der Waals surface area (Å²) in [5.41, 5.74) is 10.2. The van der Waals surface area contributed by atoms with E-state index >= 15 is 0 Å². The topological polar surface area (TPSA) is 0 Å². The van der Waals surface area contributed by atoms with Gasteiger partial charge in [0.15, 0.2) is 0 Å². The van der Waals surface area contributed by atoms with Gasteiger partial charge < -0.3 is 0 Å². The molecule has 0 saturated heterocycles. The average Bonchev–Trinajstić information content (AvgIpc) is 3.14. The minimum atomic E-state index is -0.303. The first-order valence-electron chi connectivity index (χ1n) is 9.23. The van der Waals surface area contributed by atoms with Crippen LogP contribution in [0.4, 0.5) is 0 Å². The molecule has 0 unspecified atom stereocenters. The number of fused-ring (bicyclic) bond motifs is 7. The molecule has 5 rings (SSSR count). The highest BCUT2D eigenvalue weighted by Gasteiger charge is 2.51. The predicted octanol–water partition coefficient (Wildman–Crippen LogP) is 7.29. The van der Waals surface area contributed by atoms with Crippen LogP contribution in [-0.4, -0.2) is 0 Å². The van der Waals surface area contributed by atoms with E-state index < -0.39 is 0 Å². The summed E-state index contributed by atoms with van der Waals surface area (Å²) in [5.74, 6) is 0. The Labute approximate surface area is 168 Å². The molecule has 2 aliphatic rings. The Morgan fingerprint density at radius 3 is 2.04 bits per heavy atom. The second kappa shape index (κ2) is 5.94. The van der Waals surface area contributed by atoms with Gasteiger partial charge in [0.1, 0.15) is 0 Å². The van der Waals surface area contributed by atoms with Gasteiger partial charge in [0.25, 0.3) is 0 Å². The van der Waals surface area contributed by atoms with Crippen molar-refractivity contribution in [3.63, 3.8) is 0 Å². The van der Waals surface area contributed by atoms with Crippen LogP contribution in [0.3, 0.4) is 0 Å². The number of rotatable bonds is 2. The normalized spacial score (nSPS) is 15.9. The first-order chi connectivity index (χ1) is 13.2. The zero-order valence-electron chi connectivity index (χ0n) is 15.2. The summed E-state index contributed by atoms with van der Waals surface area (Å²) in [4.78, 5) is 0. The van der Waals surface area contributed by atoms with Crippen molar-refractivity contribution < 1.29 is 0 Å². The van der Waals surface area contributed by atoms with Gasteiger partial charge in [0, 0.05) is 4.47 Å². The van der Waals surface area contributed by atoms with Crippen molar-refractivity contribution in [3.05, 3.63) is 124 Å². The lowest BCUT2D eigenvalue weighted by atomic mass is 9.69. The van der Waals surface area contributed by atoms with Crippen molar-refractivity contribution in [1.82, 2.24) is 0 Å². The molecule has 3 aromatic rings. The fourth-order valence-corrected chi connectivity index (χ4v) is 5.34. The van der Waals surface area contributed by atoms with Crippen molar-refractivity contribution in [2.45, 2.75) is 12.3 Å². The molecule has 0 N–H and O–H groups in total. The van der Waals surface area contributed by atoms with Crippen molar-refractivity contribution in [1.29, 1.82) is 0 Å². The molecule has 1 heteroatoms. The van der Waals surface area contributed by atoms with Crippen molar-refractivity contribution >= 4 is 21.5 Å². The van der Waals surface area contributed by atoms with Crippen LogP contribution in [-0.2, 0) is 5.41 Å². The van der Waals surface area contributed by atoms with Crippen LogP contribution < -0.4 is 0 Å². The summed E-state index contributed by atoms with van der Waals surface area (Å²) in [6.45, 7) is 6.32. The van der Waals surface area contributed by atoms with Gasteiger partial charge in [-0.2, -0.15) is 0 Å². The van der Waals surface area contributed by atoms with Gasteiger partial charge >= 0.3 is 0 Å². The molecule has 2 aliphatic carbocycles.